The van der Waals surface area contributed by atoms with E-state index in [1.807, 2.05) is 18.2 Å². The maximum absolute atomic E-state index is 5.41. The summed E-state index contributed by atoms with van der Waals surface area (Å²) < 4.78 is 2.36. The zero-order valence-electron chi connectivity index (χ0n) is 17.1. The lowest BCUT2D eigenvalue weighted by atomic mass is 10.1. The smallest absolute Gasteiger partial charge is 0.166 e. The van der Waals surface area contributed by atoms with Crippen LogP contribution in [0, 0.1) is 0 Å². The lowest BCUT2D eigenvalue weighted by Crippen LogP contribution is -2.35. The lowest BCUT2D eigenvalue weighted by Gasteiger charge is -2.10. The molecule has 152 valence electrons. The van der Waals surface area contributed by atoms with Gasteiger partial charge in [0.2, 0.25) is 0 Å². The minimum absolute atomic E-state index is 0.713. The molecule has 2 N–H and O–H groups in total. The summed E-state index contributed by atoms with van der Waals surface area (Å²) in [7, 11) is 0. The molecule has 4 rings (SSSR count). The van der Waals surface area contributed by atoms with Crippen molar-refractivity contribution in [2.45, 2.75) is 25.9 Å². The second kappa shape index (κ2) is 10.1. The van der Waals surface area contributed by atoms with Crippen molar-refractivity contribution in [3.8, 4) is 0 Å². The van der Waals surface area contributed by atoms with Gasteiger partial charge in [0.1, 0.15) is 0 Å². The molecule has 0 atom stereocenters. The molecule has 0 aliphatic heterocycles. The van der Waals surface area contributed by atoms with Crippen LogP contribution >= 0.6 is 12.2 Å². The normalized spacial score (nSPS) is 10.8. The van der Waals surface area contributed by atoms with E-state index in [2.05, 4.69) is 88.1 Å². The van der Waals surface area contributed by atoms with E-state index < -0.39 is 0 Å². The Morgan fingerprint density at radius 2 is 1.43 bits per heavy atom. The fourth-order valence-corrected chi connectivity index (χ4v) is 3.93. The molecule has 1 aromatic heterocycles. The Labute approximate surface area is 183 Å². The van der Waals surface area contributed by atoms with Gasteiger partial charge in [-0.05, 0) is 47.8 Å². The molecule has 0 unspecified atom stereocenters. The minimum Gasteiger partial charge on any atom is -0.363 e. The first-order valence-electron chi connectivity index (χ1n) is 10.5. The van der Waals surface area contributed by atoms with Crippen LogP contribution in [-0.4, -0.2) is 16.2 Å². The summed E-state index contributed by atoms with van der Waals surface area (Å²) in [5, 5.41) is 8.67. The minimum atomic E-state index is 0.713. The molecule has 0 spiro atoms. The molecule has 0 aliphatic carbocycles. The second-order valence-electron chi connectivity index (χ2n) is 7.48. The molecule has 0 bridgehead atoms. The van der Waals surface area contributed by atoms with Gasteiger partial charge in [-0.25, -0.2) is 0 Å². The zero-order chi connectivity index (χ0) is 20.6. The quantitative estimate of drug-likeness (QED) is 0.304. The number of fused-ring (bicyclic) bond motifs is 1. The van der Waals surface area contributed by atoms with Gasteiger partial charge in [0.15, 0.2) is 5.11 Å². The predicted molar refractivity (Wildman–Crippen MR) is 130 cm³/mol. The second-order valence-corrected chi connectivity index (χ2v) is 7.89. The zero-order valence-corrected chi connectivity index (χ0v) is 17.9. The number of aromatic nitrogens is 1. The monoisotopic (exact) mass is 413 g/mol. The summed E-state index contributed by atoms with van der Waals surface area (Å²) in [5.74, 6) is 0. The van der Waals surface area contributed by atoms with Gasteiger partial charge in [-0.1, -0.05) is 78.9 Å². The largest absolute Gasteiger partial charge is 0.363 e. The third-order valence-corrected chi connectivity index (χ3v) is 5.56. The van der Waals surface area contributed by atoms with Gasteiger partial charge in [0, 0.05) is 36.7 Å². The maximum atomic E-state index is 5.41. The molecule has 1 heterocycles. The first-order valence-corrected chi connectivity index (χ1v) is 10.9. The van der Waals surface area contributed by atoms with E-state index in [0.717, 1.165) is 32.5 Å². The number of nitrogens with zero attached hydrogens (tertiary/aromatic N) is 1. The molecule has 3 nitrogen and oxygen atoms in total. The van der Waals surface area contributed by atoms with Crippen molar-refractivity contribution in [3.05, 3.63) is 108 Å². The summed E-state index contributed by atoms with van der Waals surface area (Å²) in [6, 6.07) is 29.6. The molecular formula is C26H27N3S. The van der Waals surface area contributed by atoms with Crippen LogP contribution in [0.25, 0.3) is 10.9 Å². The Kier molecular flexibility index (Phi) is 6.78. The van der Waals surface area contributed by atoms with Crippen LogP contribution in [0.3, 0.4) is 0 Å². The topological polar surface area (TPSA) is 29.0 Å². The van der Waals surface area contributed by atoms with Crippen LogP contribution in [0.1, 0.15) is 23.1 Å². The molecule has 4 heteroatoms. The Morgan fingerprint density at radius 1 is 0.767 bits per heavy atom. The van der Waals surface area contributed by atoms with E-state index in [0.29, 0.717) is 5.11 Å². The van der Waals surface area contributed by atoms with Gasteiger partial charge >= 0.3 is 0 Å². The number of nitrogens with one attached hydrogen (secondary N) is 2. The summed E-state index contributed by atoms with van der Waals surface area (Å²) in [6.45, 7) is 2.51. The van der Waals surface area contributed by atoms with E-state index in [-0.39, 0.29) is 0 Å². The van der Waals surface area contributed by atoms with E-state index in [1.165, 1.54) is 27.6 Å². The molecule has 0 amide bonds. The summed E-state index contributed by atoms with van der Waals surface area (Å²) >= 11 is 5.41. The number of hydrogen-bond acceptors (Lipinski definition) is 1. The molecule has 0 radical (unpaired) electrons. The summed E-state index contributed by atoms with van der Waals surface area (Å²) in [6.07, 6.45) is 4.37. The van der Waals surface area contributed by atoms with E-state index in [9.17, 15) is 0 Å². The summed E-state index contributed by atoms with van der Waals surface area (Å²) in [4.78, 5) is 0. The molecule has 30 heavy (non-hydrogen) atoms. The van der Waals surface area contributed by atoms with Crippen LogP contribution in [0.5, 0.6) is 0 Å². The van der Waals surface area contributed by atoms with Crippen molar-refractivity contribution in [2.75, 3.05) is 6.54 Å². The third kappa shape index (κ3) is 5.28. The number of aryl methyl sites for hydroxylation is 1. The van der Waals surface area contributed by atoms with Crippen molar-refractivity contribution < 1.29 is 0 Å². The van der Waals surface area contributed by atoms with Gasteiger partial charge in [0.25, 0.3) is 0 Å². The predicted octanol–water partition coefficient (Wildman–Crippen LogP) is 5.29. The first kappa shape index (κ1) is 20.2. The molecular weight excluding hydrogens is 386 g/mol. The van der Waals surface area contributed by atoms with Crippen LogP contribution < -0.4 is 10.6 Å². The highest BCUT2D eigenvalue weighted by Crippen LogP contribution is 2.23. The van der Waals surface area contributed by atoms with Crippen LogP contribution in [0.2, 0.25) is 0 Å². The molecule has 3 aromatic carbocycles. The Bertz CT molecular complexity index is 1090. The number of para-hydroxylation sites is 1. The van der Waals surface area contributed by atoms with E-state index in [1.54, 1.807) is 0 Å². The van der Waals surface area contributed by atoms with Crippen molar-refractivity contribution in [2.24, 2.45) is 0 Å². The van der Waals surface area contributed by atoms with Crippen molar-refractivity contribution in [1.29, 1.82) is 0 Å². The molecule has 0 fully saturated rings. The first-order chi connectivity index (χ1) is 14.8. The summed E-state index contributed by atoms with van der Waals surface area (Å²) in [5.41, 5.74) is 5.24. The lowest BCUT2D eigenvalue weighted by molar-refractivity contribution is 0.751. The highest BCUT2D eigenvalue weighted by atomic mass is 32.1. The molecule has 0 saturated carbocycles. The highest BCUT2D eigenvalue weighted by Gasteiger charge is 2.08. The molecule has 0 aliphatic rings. The van der Waals surface area contributed by atoms with Gasteiger partial charge < -0.3 is 15.2 Å². The van der Waals surface area contributed by atoms with Crippen molar-refractivity contribution in [3.63, 3.8) is 0 Å². The molecule has 0 saturated heterocycles. The van der Waals surface area contributed by atoms with E-state index in [4.69, 9.17) is 12.2 Å². The Morgan fingerprint density at radius 3 is 2.20 bits per heavy atom. The van der Waals surface area contributed by atoms with Gasteiger partial charge in [-0.3, -0.25) is 0 Å². The third-order valence-electron chi connectivity index (χ3n) is 5.27. The van der Waals surface area contributed by atoms with Crippen LogP contribution in [0.15, 0.2) is 91.1 Å². The van der Waals surface area contributed by atoms with Crippen molar-refractivity contribution >= 4 is 28.2 Å². The highest BCUT2D eigenvalue weighted by molar-refractivity contribution is 7.80. The fourth-order valence-electron chi connectivity index (χ4n) is 3.75. The van der Waals surface area contributed by atoms with E-state index >= 15 is 0 Å². The Balaban J connectivity index is 1.31. The fraction of sp³-hybridized carbons (Fsp3) is 0.192. The van der Waals surface area contributed by atoms with Crippen LogP contribution in [0.4, 0.5) is 0 Å². The SMILES string of the molecule is S=C(NCCCc1cn(Cc2ccccc2)c2ccccc12)NCc1ccccc1. The maximum Gasteiger partial charge on any atom is 0.166 e. The van der Waals surface area contributed by atoms with Gasteiger partial charge in [0.05, 0.1) is 0 Å². The number of rotatable bonds is 8. The number of benzene rings is 3. The van der Waals surface area contributed by atoms with Crippen LogP contribution in [-0.2, 0) is 19.5 Å². The van der Waals surface area contributed by atoms with Crippen molar-refractivity contribution in [1.82, 2.24) is 15.2 Å². The Hall–Kier alpha value is -3.11. The van der Waals surface area contributed by atoms with Gasteiger partial charge in [-0.15, -0.1) is 0 Å². The number of hydrogen-bond donors (Lipinski definition) is 2. The average molecular weight is 414 g/mol. The standard InChI is InChI=1S/C26H27N3S/c30-26(28-18-21-10-3-1-4-11-21)27-17-9-14-23-20-29(19-22-12-5-2-6-13-22)25-16-8-7-15-24(23)25/h1-8,10-13,15-16,20H,9,14,17-19H2,(H2,27,28,30). The van der Waals surface area contributed by atoms with Gasteiger partial charge in [-0.2, -0.15) is 0 Å². The molecule has 4 aromatic rings. The number of thiocarbonyl (C=S) groups is 1. The average Bonchev–Trinajstić information content (AvgIpc) is 3.14.